The highest BCUT2D eigenvalue weighted by Crippen LogP contribution is 2.36. The zero-order chi connectivity index (χ0) is 14.8. The fourth-order valence-corrected chi connectivity index (χ4v) is 2.85. The van der Waals surface area contributed by atoms with E-state index < -0.39 is 5.82 Å². The molecule has 1 heterocycles. The summed E-state index contributed by atoms with van der Waals surface area (Å²) in [6.45, 7) is 1.16. The van der Waals surface area contributed by atoms with E-state index in [0.717, 1.165) is 24.2 Å². The Bertz CT molecular complexity index is 598. The molecule has 1 aliphatic rings. The van der Waals surface area contributed by atoms with Gasteiger partial charge in [-0.1, -0.05) is 17.7 Å². The van der Waals surface area contributed by atoms with Crippen molar-refractivity contribution in [2.75, 3.05) is 6.54 Å². The fourth-order valence-electron chi connectivity index (χ4n) is 2.67. The van der Waals surface area contributed by atoms with Crippen LogP contribution in [0.15, 0.2) is 41.0 Å². The van der Waals surface area contributed by atoms with Gasteiger partial charge >= 0.3 is 0 Å². The predicted molar refractivity (Wildman–Crippen MR) is 80.5 cm³/mol. The molecule has 2 N–H and O–H groups in total. The molecule has 1 saturated carbocycles. The van der Waals surface area contributed by atoms with E-state index in [1.165, 1.54) is 6.07 Å². The van der Waals surface area contributed by atoms with Gasteiger partial charge in [-0.3, -0.25) is 4.90 Å². The zero-order valence-corrected chi connectivity index (χ0v) is 12.4. The largest absolute Gasteiger partial charge is 0.468 e. The number of benzene rings is 1. The SMILES string of the molecule is NCC(c1ccc(F)c(Cl)c1)N(Cc1ccco1)C1CC1. The molecule has 2 aromatic rings. The maximum Gasteiger partial charge on any atom is 0.141 e. The first-order chi connectivity index (χ1) is 10.2. The van der Waals surface area contributed by atoms with E-state index in [0.29, 0.717) is 19.1 Å². The average molecular weight is 309 g/mol. The number of nitrogens with zero attached hydrogens (tertiary/aromatic N) is 1. The maximum atomic E-state index is 13.4. The Kier molecular flexibility index (Phi) is 4.29. The Hall–Kier alpha value is -1.36. The summed E-state index contributed by atoms with van der Waals surface area (Å²) in [4.78, 5) is 2.32. The monoisotopic (exact) mass is 308 g/mol. The predicted octanol–water partition coefficient (Wildman–Crippen LogP) is 3.74. The van der Waals surface area contributed by atoms with E-state index in [1.54, 1.807) is 18.4 Å². The molecule has 1 unspecified atom stereocenters. The summed E-state index contributed by atoms with van der Waals surface area (Å²) in [7, 11) is 0. The smallest absolute Gasteiger partial charge is 0.141 e. The second-order valence-electron chi connectivity index (χ2n) is 5.41. The van der Waals surface area contributed by atoms with E-state index in [2.05, 4.69) is 4.90 Å². The van der Waals surface area contributed by atoms with E-state index in [4.69, 9.17) is 21.8 Å². The average Bonchev–Trinajstić information content (AvgIpc) is 3.20. The van der Waals surface area contributed by atoms with Crippen molar-refractivity contribution in [1.82, 2.24) is 4.90 Å². The highest BCUT2D eigenvalue weighted by Gasteiger charge is 2.34. The van der Waals surface area contributed by atoms with E-state index >= 15 is 0 Å². The number of nitrogens with two attached hydrogens (primary N) is 1. The summed E-state index contributed by atoms with van der Waals surface area (Å²) in [5.74, 6) is 0.508. The standard InChI is InChI=1S/C16H18ClFN2O/c17-14-8-11(3-6-15(14)18)16(9-19)20(12-4-5-12)10-13-2-1-7-21-13/h1-3,6-8,12,16H,4-5,9-10,19H2. The van der Waals surface area contributed by atoms with Gasteiger partial charge in [0.2, 0.25) is 0 Å². The number of hydrogen-bond acceptors (Lipinski definition) is 3. The van der Waals surface area contributed by atoms with Gasteiger partial charge in [0.1, 0.15) is 11.6 Å². The molecule has 0 amide bonds. The molecular formula is C16H18ClFN2O. The Morgan fingerprint density at radius 2 is 2.19 bits per heavy atom. The Morgan fingerprint density at radius 3 is 2.76 bits per heavy atom. The molecule has 3 rings (SSSR count). The van der Waals surface area contributed by atoms with E-state index in [1.807, 2.05) is 12.1 Å². The van der Waals surface area contributed by atoms with Gasteiger partial charge in [0, 0.05) is 18.6 Å². The normalized spacial score (nSPS) is 16.4. The van der Waals surface area contributed by atoms with Gasteiger partial charge in [0.15, 0.2) is 0 Å². The quantitative estimate of drug-likeness (QED) is 0.884. The lowest BCUT2D eigenvalue weighted by atomic mass is 10.0. The lowest BCUT2D eigenvalue weighted by Crippen LogP contribution is -2.35. The molecule has 0 bridgehead atoms. The van der Waals surface area contributed by atoms with Crippen LogP contribution in [0, 0.1) is 5.82 Å². The van der Waals surface area contributed by atoms with Gasteiger partial charge in [-0.15, -0.1) is 0 Å². The summed E-state index contributed by atoms with van der Waals surface area (Å²) in [6, 6.07) is 9.20. The number of rotatable bonds is 6. The van der Waals surface area contributed by atoms with E-state index in [-0.39, 0.29) is 11.1 Å². The molecule has 1 aromatic heterocycles. The van der Waals surface area contributed by atoms with Crippen molar-refractivity contribution < 1.29 is 8.81 Å². The van der Waals surface area contributed by atoms with Gasteiger partial charge in [-0.2, -0.15) is 0 Å². The minimum atomic E-state index is -0.403. The third kappa shape index (κ3) is 3.28. The first-order valence-electron chi connectivity index (χ1n) is 7.12. The Labute approximate surface area is 128 Å². The lowest BCUT2D eigenvalue weighted by molar-refractivity contribution is 0.168. The van der Waals surface area contributed by atoms with Gasteiger partial charge in [-0.05, 0) is 42.7 Å². The van der Waals surface area contributed by atoms with Crippen LogP contribution in [0.4, 0.5) is 4.39 Å². The third-order valence-electron chi connectivity index (χ3n) is 3.89. The van der Waals surface area contributed by atoms with E-state index in [9.17, 15) is 4.39 Å². The highest BCUT2D eigenvalue weighted by molar-refractivity contribution is 6.30. The number of furan rings is 1. The van der Waals surface area contributed by atoms with Crippen LogP contribution in [0.3, 0.4) is 0 Å². The first-order valence-corrected chi connectivity index (χ1v) is 7.50. The molecule has 0 saturated heterocycles. The van der Waals surface area contributed by atoms with Crippen molar-refractivity contribution in [3.05, 3.63) is 58.8 Å². The molecule has 21 heavy (non-hydrogen) atoms. The van der Waals surface area contributed by atoms with Gasteiger partial charge in [0.25, 0.3) is 0 Å². The minimum Gasteiger partial charge on any atom is -0.468 e. The van der Waals surface area contributed by atoms with Crippen LogP contribution in [0.1, 0.15) is 30.2 Å². The Morgan fingerprint density at radius 1 is 1.38 bits per heavy atom. The minimum absolute atomic E-state index is 0.0145. The molecule has 1 aliphatic carbocycles. The molecule has 0 aliphatic heterocycles. The van der Waals surface area contributed by atoms with Gasteiger partial charge < -0.3 is 10.2 Å². The molecule has 1 fully saturated rings. The summed E-state index contributed by atoms with van der Waals surface area (Å²) in [6.07, 6.45) is 3.99. The van der Waals surface area contributed by atoms with Crippen molar-refractivity contribution in [1.29, 1.82) is 0 Å². The van der Waals surface area contributed by atoms with Crippen LogP contribution in [0.2, 0.25) is 5.02 Å². The first kappa shape index (κ1) is 14.6. The molecule has 112 valence electrons. The molecular weight excluding hydrogens is 291 g/mol. The zero-order valence-electron chi connectivity index (χ0n) is 11.6. The summed E-state index contributed by atoms with van der Waals surface area (Å²) in [5.41, 5.74) is 6.93. The molecule has 5 heteroatoms. The fraction of sp³-hybridized carbons (Fsp3) is 0.375. The number of halogens is 2. The third-order valence-corrected chi connectivity index (χ3v) is 4.18. The number of hydrogen-bond donors (Lipinski definition) is 1. The molecule has 3 nitrogen and oxygen atoms in total. The molecule has 0 radical (unpaired) electrons. The van der Waals surface area contributed by atoms with Gasteiger partial charge in [-0.25, -0.2) is 4.39 Å². The van der Waals surface area contributed by atoms with Crippen molar-refractivity contribution >= 4 is 11.6 Å². The van der Waals surface area contributed by atoms with Crippen LogP contribution < -0.4 is 5.73 Å². The second-order valence-corrected chi connectivity index (χ2v) is 5.82. The summed E-state index contributed by atoms with van der Waals surface area (Å²) in [5, 5.41) is 0.139. The van der Waals surface area contributed by atoms with Crippen LogP contribution in [-0.2, 0) is 6.54 Å². The second kappa shape index (κ2) is 6.18. The van der Waals surface area contributed by atoms with Gasteiger partial charge in [0.05, 0.1) is 17.8 Å². The maximum absolute atomic E-state index is 13.4. The van der Waals surface area contributed by atoms with Crippen LogP contribution >= 0.6 is 11.6 Å². The van der Waals surface area contributed by atoms with Crippen molar-refractivity contribution in [2.45, 2.75) is 31.5 Å². The molecule has 0 spiro atoms. The topological polar surface area (TPSA) is 42.4 Å². The van der Waals surface area contributed by atoms with Crippen molar-refractivity contribution in [2.24, 2.45) is 5.73 Å². The molecule has 1 aromatic carbocycles. The molecule has 1 atom stereocenters. The van der Waals surface area contributed by atoms with Crippen LogP contribution in [0.5, 0.6) is 0 Å². The Balaban J connectivity index is 1.86. The highest BCUT2D eigenvalue weighted by atomic mass is 35.5. The van der Waals surface area contributed by atoms with Crippen molar-refractivity contribution in [3.8, 4) is 0 Å². The van der Waals surface area contributed by atoms with Crippen LogP contribution in [0.25, 0.3) is 0 Å². The van der Waals surface area contributed by atoms with Crippen molar-refractivity contribution in [3.63, 3.8) is 0 Å². The summed E-state index contributed by atoms with van der Waals surface area (Å²) >= 11 is 5.90. The summed E-state index contributed by atoms with van der Waals surface area (Å²) < 4.78 is 18.8. The van der Waals surface area contributed by atoms with Crippen LogP contribution in [-0.4, -0.2) is 17.5 Å². The lowest BCUT2D eigenvalue weighted by Gasteiger charge is -2.30.